The first kappa shape index (κ1) is 21.6. The molecule has 1 aliphatic rings. The first-order valence-corrected chi connectivity index (χ1v) is 10.1. The van der Waals surface area contributed by atoms with Gasteiger partial charge in [0.2, 0.25) is 6.79 Å². The quantitative estimate of drug-likeness (QED) is 0.541. The molecule has 29 heavy (non-hydrogen) atoms. The molecule has 0 bridgehead atoms. The van der Waals surface area contributed by atoms with Gasteiger partial charge in [-0.2, -0.15) is 0 Å². The van der Waals surface area contributed by atoms with Crippen molar-refractivity contribution < 1.29 is 14.3 Å². The zero-order valence-electron chi connectivity index (χ0n) is 16.1. The first-order chi connectivity index (χ1) is 13.5. The fraction of sp³-hybridized carbons (Fsp3) is 0.300. The van der Waals surface area contributed by atoms with Crippen molar-refractivity contribution in [3.05, 3.63) is 47.0 Å². The summed E-state index contributed by atoms with van der Waals surface area (Å²) in [7, 11) is 4.03. The highest BCUT2D eigenvalue weighted by Gasteiger charge is 2.23. The lowest BCUT2D eigenvalue weighted by atomic mass is 10.2. The van der Waals surface area contributed by atoms with E-state index in [9.17, 15) is 4.79 Å². The highest BCUT2D eigenvalue weighted by Crippen LogP contribution is 2.40. The van der Waals surface area contributed by atoms with Crippen LogP contribution in [0.15, 0.2) is 36.4 Å². The van der Waals surface area contributed by atoms with E-state index in [-0.39, 0.29) is 25.1 Å². The van der Waals surface area contributed by atoms with E-state index < -0.39 is 0 Å². The Morgan fingerprint density at radius 1 is 1.17 bits per heavy atom. The molecule has 1 amide bonds. The van der Waals surface area contributed by atoms with E-state index in [2.05, 4.69) is 4.90 Å². The molecule has 0 fully saturated rings. The molecule has 2 aromatic carbocycles. The van der Waals surface area contributed by atoms with Gasteiger partial charge in [0.15, 0.2) is 16.6 Å². The van der Waals surface area contributed by atoms with Gasteiger partial charge in [-0.15, -0.1) is 12.4 Å². The maximum absolute atomic E-state index is 13.2. The molecule has 0 saturated carbocycles. The van der Waals surface area contributed by atoms with Crippen LogP contribution in [0, 0.1) is 0 Å². The van der Waals surface area contributed by atoms with Gasteiger partial charge < -0.3 is 14.4 Å². The molecule has 0 unspecified atom stereocenters. The third-order valence-corrected chi connectivity index (χ3v) is 5.68. The number of benzene rings is 2. The van der Waals surface area contributed by atoms with E-state index in [1.165, 1.54) is 11.3 Å². The Labute approximate surface area is 184 Å². The third-order valence-electron chi connectivity index (χ3n) is 4.41. The minimum absolute atomic E-state index is 0. The normalized spacial score (nSPS) is 12.3. The van der Waals surface area contributed by atoms with Crippen LogP contribution in [0.25, 0.3) is 10.2 Å². The number of carbonyl (C=O) groups is 1. The summed E-state index contributed by atoms with van der Waals surface area (Å²) in [5.41, 5.74) is 1.34. The first-order valence-electron chi connectivity index (χ1n) is 8.93. The van der Waals surface area contributed by atoms with Crippen molar-refractivity contribution in [2.45, 2.75) is 6.42 Å². The van der Waals surface area contributed by atoms with Gasteiger partial charge in [0.1, 0.15) is 0 Å². The number of ether oxygens (including phenoxy) is 2. The topological polar surface area (TPSA) is 54.9 Å². The Hall–Kier alpha value is -2.06. The lowest BCUT2D eigenvalue weighted by Crippen LogP contribution is -2.33. The summed E-state index contributed by atoms with van der Waals surface area (Å²) in [6.45, 7) is 1.67. The van der Waals surface area contributed by atoms with Gasteiger partial charge in [-0.1, -0.05) is 29.0 Å². The van der Waals surface area contributed by atoms with Gasteiger partial charge in [-0.25, -0.2) is 4.98 Å². The van der Waals surface area contributed by atoms with Gasteiger partial charge in [-0.05, 0) is 45.3 Å². The number of hydrogen-bond acceptors (Lipinski definition) is 6. The number of aromatic nitrogens is 1. The van der Waals surface area contributed by atoms with Crippen molar-refractivity contribution in [3.63, 3.8) is 0 Å². The minimum Gasteiger partial charge on any atom is -0.454 e. The third kappa shape index (κ3) is 4.75. The molecule has 0 atom stereocenters. The zero-order chi connectivity index (χ0) is 19.7. The highest BCUT2D eigenvalue weighted by atomic mass is 35.5. The van der Waals surface area contributed by atoms with Crippen LogP contribution < -0.4 is 14.4 Å². The lowest BCUT2D eigenvalue weighted by Gasteiger charge is -2.21. The molecule has 0 saturated heterocycles. The van der Waals surface area contributed by atoms with Crippen LogP contribution in [0.4, 0.5) is 5.13 Å². The van der Waals surface area contributed by atoms with E-state index in [1.807, 2.05) is 26.2 Å². The number of hydrogen-bond donors (Lipinski definition) is 0. The standard InChI is InChI=1S/C20H20ClN3O3S.ClH/c1-23(2)7-4-8-24(19(25)13-5-3-6-14(21)9-13)20-22-15-10-16-17(27-12-26-16)11-18(15)28-20;/h3,5-6,9-11H,4,7-8,12H2,1-2H3;1H. The lowest BCUT2D eigenvalue weighted by molar-refractivity contribution is 0.0986. The van der Waals surface area contributed by atoms with E-state index >= 15 is 0 Å². The van der Waals surface area contributed by atoms with E-state index in [1.54, 1.807) is 29.2 Å². The predicted molar refractivity (Wildman–Crippen MR) is 119 cm³/mol. The molecule has 2 heterocycles. The average Bonchev–Trinajstić information content (AvgIpc) is 3.28. The summed E-state index contributed by atoms with van der Waals surface area (Å²) < 4.78 is 11.8. The van der Waals surface area contributed by atoms with Crippen LogP contribution in [-0.4, -0.2) is 49.8 Å². The summed E-state index contributed by atoms with van der Waals surface area (Å²) >= 11 is 7.56. The van der Waals surface area contributed by atoms with Crippen molar-refractivity contribution in [1.82, 2.24) is 9.88 Å². The van der Waals surface area contributed by atoms with Crippen molar-refractivity contribution in [1.29, 1.82) is 0 Å². The Morgan fingerprint density at radius 2 is 1.93 bits per heavy atom. The molecule has 0 spiro atoms. The number of thiazole rings is 1. The van der Waals surface area contributed by atoms with Crippen LogP contribution in [0.1, 0.15) is 16.8 Å². The number of rotatable bonds is 6. The van der Waals surface area contributed by atoms with Crippen molar-refractivity contribution >= 4 is 56.6 Å². The fourth-order valence-corrected chi connectivity index (χ4v) is 4.22. The molecule has 4 rings (SSSR count). The van der Waals surface area contributed by atoms with Crippen molar-refractivity contribution in [3.8, 4) is 11.5 Å². The van der Waals surface area contributed by atoms with Gasteiger partial charge in [0.05, 0.1) is 10.2 Å². The average molecular weight is 454 g/mol. The molecule has 0 radical (unpaired) electrons. The summed E-state index contributed by atoms with van der Waals surface area (Å²) in [4.78, 5) is 21.7. The summed E-state index contributed by atoms with van der Waals surface area (Å²) in [5.74, 6) is 1.29. The summed E-state index contributed by atoms with van der Waals surface area (Å²) in [6, 6.07) is 10.8. The van der Waals surface area contributed by atoms with E-state index in [0.29, 0.717) is 33.8 Å². The second-order valence-corrected chi connectivity index (χ2v) is 8.24. The Morgan fingerprint density at radius 3 is 2.66 bits per heavy atom. The number of carbonyl (C=O) groups excluding carboxylic acids is 1. The van der Waals surface area contributed by atoms with Crippen LogP contribution in [-0.2, 0) is 0 Å². The molecule has 1 aromatic heterocycles. The molecular weight excluding hydrogens is 433 g/mol. The molecular formula is C20H21Cl2N3O3S. The van der Waals surface area contributed by atoms with Gasteiger partial charge in [0, 0.05) is 29.3 Å². The molecule has 1 aliphatic heterocycles. The van der Waals surface area contributed by atoms with Crippen molar-refractivity contribution in [2.24, 2.45) is 0 Å². The minimum atomic E-state index is -0.111. The van der Waals surface area contributed by atoms with Crippen molar-refractivity contribution in [2.75, 3.05) is 38.9 Å². The van der Waals surface area contributed by atoms with Crippen LogP contribution in [0.5, 0.6) is 11.5 Å². The number of halogens is 2. The Kier molecular flexibility index (Phi) is 6.85. The molecule has 9 heteroatoms. The SMILES string of the molecule is CN(C)CCCN(C(=O)c1cccc(Cl)c1)c1nc2cc3c(cc2s1)OCO3.Cl. The van der Waals surface area contributed by atoms with Crippen LogP contribution in [0.2, 0.25) is 5.02 Å². The second-order valence-electron chi connectivity index (χ2n) is 6.79. The number of anilines is 1. The monoisotopic (exact) mass is 453 g/mol. The molecule has 154 valence electrons. The molecule has 0 N–H and O–H groups in total. The maximum atomic E-state index is 13.2. The Bertz CT molecular complexity index is 984. The summed E-state index contributed by atoms with van der Waals surface area (Å²) in [6.07, 6.45) is 0.831. The van der Waals surface area contributed by atoms with Crippen LogP contribution >= 0.6 is 35.3 Å². The number of fused-ring (bicyclic) bond motifs is 2. The summed E-state index contributed by atoms with van der Waals surface area (Å²) in [5, 5.41) is 1.19. The van der Waals surface area contributed by atoms with E-state index in [0.717, 1.165) is 23.2 Å². The smallest absolute Gasteiger partial charge is 0.260 e. The fourth-order valence-electron chi connectivity index (χ4n) is 3.03. The number of amides is 1. The number of nitrogens with zero attached hydrogens (tertiary/aromatic N) is 3. The second kappa shape index (κ2) is 9.17. The van der Waals surface area contributed by atoms with Gasteiger partial charge >= 0.3 is 0 Å². The van der Waals surface area contributed by atoms with Gasteiger partial charge in [0.25, 0.3) is 5.91 Å². The molecule has 6 nitrogen and oxygen atoms in total. The maximum Gasteiger partial charge on any atom is 0.260 e. The van der Waals surface area contributed by atoms with E-state index in [4.69, 9.17) is 26.1 Å². The van der Waals surface area contributed by atoms with Gasteiger partial charge in [-0.3, -0.25) is 9.69 Å². The van der Waals surface area contributed by atoms with Crippen LogP contribution in [0.3, 0.4) is 0 Å². The predicted octanol–water partition coefficient (Wildman–Crippen LogP) is 4.70. The Balaban J connectivity index is 0.00000240. The largest absolute Gasteiger partial charge is 0.454 e. The zero-order valence-corrected chi connectivity index (χ0v) is 18.4. The highest BCUT2D eigenvalue weighted by molar-refractivity contribution is 7.22. The molecule has 3 aromatic rings. The molecule has 0 aliphatic carbocycles.